The largest absolute Gasteiger partial charge is 0.351 e. The smallest absolute Gasteiger partial charge is 0.270 e. The molecule has 0 aliphatic rings. The van der Waals surface area contributed by atoms with Crippen LogP contribution >= 0.6 is 0 Å². The maximum atomic E-state index is 13.4. The first kappa shape index (κ1) is 15.2. The highest BCUT2D eigenvalue weighted by atomic mass is 32.2. The van der Waals surface area contributed by atoms with Crippen LogP contribution in [0.3, 0.4) is 0 Å². The van der Waals surface area contributed by atoms with Gasteiger partial charge in [0.2, 0.25) is 0 Å². The number of nitro benzene ring substituents is 1. The minimum absolute atomic E-state index is 0.126. The van der Waals surface area contributed by atoms with Crippen molar-refractivity contribution < 1.29 is 18.3 Å². The molecule has 0 radical (unpaired) electrons. The molecule has 1 atom stereocenters. The van der Waals surface area contributed by atoms with Crippen LogP contribution in [-0.4, -0.2) is 33.1 Å². The van der Waals surface area contributed by atoms with Crippen LogP contribution in [0.25, 0.3) is 0 Å². The summed E-state index contributed by atoms with van der Waals surface area (Å²) in [5.74, 6) is -0.853. The van der Waals surface area contributed by atoms with Crippen molar-refractivity contribution in [3.8, 4) is 0 Å². The van der Waals surface area contributed by atoms with Crippen molar-refractivity contribution in [2.45, 2.75) is 6.92 Å². The van der Waals surface area contributed by atoms with Crippen LogP contribution in [0.5, 0.6) is 0 Å². The molecule has 0 fully saturated rings. The predicted molar refractivity (Wildman–Crippen MR) is 68.9 cm³/mol. The van der Waals surface area contributed by atoms with Crippen molar-refractivity contribution in [1.82, 2.24) is 5.32 Å². The highest BCUT2D eigenvalue weighted by molar-refractivity contribution is 7.84. The van der Waals surface area contributed by atoms with Crippen molar-refractivity contribution in [2.24, 2.45) is 0 Å². The molecule has 1 rings (SSSR count). The van der Waals surface area contributed by atoms with Gasteiger partial charge in [-0.15, -0.1) is 0 Å². The molecule has 1 aromatic rings. The summed E-state index contributed by atoms with van der Waals surface area (Å²) in [6.07, 6.45) is 0. The molecule has 104 valence electrons. The fourth-order valence-corrected chi connectivity index (χ4v) is 1.94. The van der Waals surface area contributed by atoms with Gasteiger partial charge in [-0.3, -0.25) is 19.1 Å². The summed E-state index contributed by atoms with van der Waals surface area (Å²) in [6, 6.07) is 2.73. The SMILES string of the molecule is CCS(=O)CCNC(=O)c1cc([N+](=O)[O-])ccc1F. The third-order valence-electron chi connectivity index (χ3n) is 2.34. The average Bonchev–Trinajstić information content (AvgIpc) is 2.38. The first-order valence-electron chi connectivity index (χ1n) is 5.52. The molecule has 8 heteroatoms. The molecule has 0 spiro atoms. The highest BCUT2D eigenvalue weighted by Crippen LogP contribution is 2.16. The molecule has 0 bridgehead atoms. The Morgan fingerprint density at radius 1 is 1.53 bits per heavy atom. The highest BCUT2D eigenvalue weighted by Gasteiger charge is 2.16. The molecule has 1 aromatic carbocycles. The van der Waals surface area contributed by atoms with Crippen LogP contribution in [0.2, 0.25) is 0 Å². The standard InChI is InChI=1S/C11H13FN2O4S/c1-2-19(18)6-5-13-11(15)9-7-8(14(16)17)3-4-10(9)12/h3-4,7H,2,5-6H2,1H3,(H,13,15). The number of carbonyl (C=O) groups is 1. The number of rotatable bonds is 6. The number of benzene rings is 1. The molecule has 19 heavy (non-hydrogen) atoms. The Morgan fingerprint density at radius 3 is 2.79 bits per heavy atom. The zero-order valence-corrected chi connectivity index (χ0v) is 11.0. The molecule has 1 unspecified atom stereocenters. The molecule has 0 aromatic heterocycles. The Morgan fingerprint density at radius 2 is 2.21 bits per heavy atom. The second-order valence-electron chi connectivity index (χ2n) is 3.61. The van der Waals surface area contributed by atoms with Gasteiger partial charge in [-0.2, -0.15) is 0 Å². The Labute approximate surface area is 111 Å². The number of nitrogens with one attached hydrogen (secondary N) is 1. The summed E-state index contributed by atoms with van der Waals surface area (Å²) in [7, 11) is -1.03. The van der Waals surface area contributed by atoms with E-state index in [0.29, 0.717) is 5.75 Å². The fourth-order valence-electron chi connectivity index (χ4n) is 1.32. The lowest BCUT2D eigenvalue weighted by atomic mass is 10.2. The molecule has 6 nitrogen and oxygen atoms in total. The van der Waals surface area contributed by atoms with Gasteiger partial charge in [0.15, 0.2) is 0 Å². The Hall–Kier alpha value is -1.83. The number of hydrogen-bond acceptors (Lipinski definition) is 4. The summed E-state index contributed by atoms with van der Waals surface area (Å²) in [5, 5.41) is 12.9. The third kappa shape index (κ3) is 4.40. The lowest BCUT2D eigenvalue weighted by Crippen LogP contribution is -2.28. The first-order chi connectivity index (χ1) is 8.95. The van der Waals surface area contributed by atoms with E-state index in [9.17, 15) is 23.5 Å². The molecule has 1 amide bonds. The van der Waals surface area contributed by atoms with Crippen LogP contribution in [0.4, 0.5) is 10.1 Å². The van der Waals surface area contributed by atoms with Crippen LogP contribution in [0.15, 0.2) is 18.2 Å². The number of carbonyl (C=O) groups excluding carboxylic acids is 1. The van der Waals surface area contributed by atoms with E-state index in [0.717, 1.165) is 18.2 Å². The van der Waals surface area contributed by atoms with Gasteiger partial charge in [-0.1, -0.05) is 6.92 Å². The number of nitrogens with zero attached hydrogens (tertiary/aromatic N) is 1. The van der Waals surface area contributed by atoms with Gasteiger partial charge in [0.1, 0.15) is 5.82 Å². The lowest BCUT2D eigenvalue weighted by molar-refractivity contribution is -0.384. The van der Waals surface area contributed by atoms with E-state index in [4.69, 9.17) is 0 Å². The van der Waals surface area contributed by atoms with Gasteiger partial charge >= 0.3 is 0 Å². The van der Waals surface area contributed by atoms with Gasteiger partial charge in [-0.25, -0.2) is 4.39 Å². The summed E-state index contributed by atoms with van der Waals surface area (Å²) < 4.78 is 24.5. The van der Waals surface area contributed by atoms with Gasteiger partial charge < -0.3 is 5.32 Å². The Balaban J connectivity index is 2.73. The van der Waals surface area contributed by atoms with Crippen LogP contribution in [-0.2, 0) is 10.8 Å². The molecule has 0 saturated heterocycles. The van der Waals surface area contributed by atoms with Gasteiger partial charge in [0, 0.05) is 41.0 Å². The Bertz CT molecular complexity index is 521. The number of hydrogen-bond donors (Lipinski definition) is 1. The third-order valence-corrected chi connectivity index (χ3v) is 3.65. The van der Waals surface area contributed by atoms with Crippen molar-refractivity contribution in [3.63, 3.8) is 0 Å². The molecule has 0 saturated carbocycles. The van der Waals surface area contributed by atoms with Crippen molar-refractivity contribution in [2.75, 3.05) is 18.1 Å². The van der Waals surface area contributed by atoms with E-state index in [1.54, 1.807) is 6.92 Å². The number of nitro groups is 1. The molecular weight excluding hydrogens is 275 g/mol. The molecule has 0 heterocycles. The van der Waals surface area contributed by atoms with Gasteiger partial charge in [0.05, 0.1) is 10.5 Å². The maximum Gasteiger partial charge on any atom is 0.270 e. The molecule has 0 aliphatic carbocycles. The van der Waals surface area contributed by atoms with Crippen LogP contribution in [0, 0.1) is 15.9 Å². The van der Waals surface area contributed by atoms with Crippen molar-refractivity contribution in [1.29, 1.82) is 0 Å². The fraction of sp³-hybridized carbons (Fsp3) is 0.364. The van der Waals surface area contributed by atoms with Gasteiger partial charge in [0.25, 0.3) is 11.6 Å². The first-order valence-corrected chi connectivity index (χ1v) is 7.01. The van der Waals surface area contributed by atoms with Crippen molar-refractivity contribution in [3.05, 3.63) is 39.7 Å². The minimum atomic E-state index is -1.03. The number of non-ortho nitro benzene ring substituents is 1. The van der Waals surface area contributed by atoms with E-state index in [-0.39, 0.29) is 18.0 Å². The minimum Gasteiger partial charge on any atom is -0.351 e. The second-order valence-corrected chi connectivity index (χ2v) is 5.48. The zero-order chi connectivity index (χ0) is 14.4. The predicted octanol–water partition coefficient (Wildman–Crippen LogP) is 1.23. The topological polar surface area (TPSA) is 89.3 Å². The summed E-state index contributed by atoms with van der Waals surface area (Å²) in [6.45, 7) is 1.87. The van der Waals surface area contributed by atoms with E-state index >= 15 is 0 Å². The normalized spacial score (nSPS) is 11.9. The maximum absolute atomic E-state index is 13.4. The van der Waals surface area contributed by atoms with E-state index < -0.39 is 33.0 Å². The summed E-state index contributed by atoms with van der Waals surface area (Å²) >= 11 is 0. The van der Waals surface area contributed by atoms with Crippen LogP contribution in [0.1, 0.15) is 17.3 Å². The molecule has 1 N–H and O–H groups in total. The lowest BCUT2D eigenvalue weighted by Gasteiger charge is -2.05. The number of amides is 1. The quantitative estimate of drug-likeness (QED) is 0.630. The Kier molecular flexibility index (Phi) is 5.56. The second kappa shape index (κ2) is 6.93. The van der Waals surface area contributed by atoms with E-state index in [1.807, 2.05) is 0 Å². The molecular formula is C11H13FN2O4S. The molecule has 0 aliphatic heterocycles. The van der Waals surface area contributed by atoms with Gasteiger partial charge in [-0.05, 0) is 6.07 Å². The zero-order valence-electron chi connectivity index (χ0n) is 10.2. The van der Waals surface area contributed by atoms with E-state index in [1.165, 1.54) is 0 Å². The van der Waals surface area contributed by atoms with Crippen molar-refractivity contribution >= 4 is 22.4 Å². The average molecular weight is 288 g/mol. The van der Waals surface area contributed by atoms with Crippen LogP contribution < -0.4 is 5.32 Å². The summed E-state index contributed by atoms with van der Waals surface area (Å²) in [5.41, 5.74) is -0.750. The van der Waals surface area contributed by atoms with E-state index in [2.05, 4.69) is 5.32 Å². The summed E-state index contributed by atoms with van der Waals surface area (Å²) in [4.78, 5) is 21.5. The monoisotopic (exact) mass is 288 g/mol. The number of halogens is 1.